The number of carbonyl (C=O) groups excluding carboxylic acids is 1. The number of benzene rings is 1. The Morgan fingerprint density at radius 3 is 2.91 bits per heavy atom. The minimum absolute atomic E-state index is 0.133. The molecule has 1 aromatic carbocycles. The van der Waals surface area contributed by atoms with Crippen molar-refractivity contribution >= 4 is 23.3 Å². The van der Waals surface area contributed by atoms with Gasteiger partial charge in [-0.3, -0.25) is 4.79 Å². The third-order valence-corrected chi connectivity index (χ3v) is 4.80. The highest BCUT2D eigenvalue weighted by atomic mass is 32.2. The molecule has 2 aromatic heterocycles. The summed E-state index contributed by atoms with van der Waals surface area (Å²) < 4.78 is 1.61. The zero-order chi connectivity index (χ0) is 16.0. The molecule has 0 unspecified atom stereocenters. The largest absolute Gasteiger partial charge is 0.294 e. The van der Waals surface area contributed by atoms with Crippen molar-refractivity contribution in [3.63, 3.8) is 0 Å². The second-order valence-corrected chi connectivity index (χ2v) is 6.66. The van der Waals surface area contributed by atoms with Crippen molar-refractivity contribution in [1.29, 1.82) is 0 Å². The van der Waals surface area contributed by atoms with Crippen LogP contribution >= 0.6 is 11.8 Å². The molecule has 1 aliphatic carbocycles. The van der Waals surface area contributed by atoms with Gasteiger partial charge in [-0.2, -0.15) is 4.98 Å². The van der Waals surface area contributed by atoms with E-state index in [-0.39, 0.29) is 11.7 Å². The van der Waals surface area contributed by atoms with Crippen molar-refractivity contribution in [1.82, 2.24) is 19.6 Å². The van der Waals surface area contributed by atoms with Crippen LogP contribution < -0.4 is 0 Å². The highest BCUT2D eigenvalue weighted by molar-refractivity contribution is 7.98. The average molecular weight is 324 g/mol. The maximum Gasteiger partial charge on any atom is 0.253 e. The Morgan fingerprint density at radius 1 is 1.26 bits per heavy atom. The average Bonchev–Trinajstić information content (AvgIpc) is 2.95. The number of carbonyl (C=O) groups is 1. The van der Waals surface area contributed by atoms with Gasteiger partial charge in [-0.25, -0.2) is 9.50 Å². The van der Waals surface area contributed by atoms with Gasteiger partial charge in [0.1, 0.15) is 0 Å². The SMILES string of the molecule is CSc1nc2nc3c(cn2n1)C(=O)C[C@@H](c1cccc(C)c1)C3. The van der Waals surface area contributed by atoms with Gasteiger partial charge >= 0.3 is 0 Å². The molecule has 116 valence electrons. The summed E-state index contributed by atoms with van der Waals surface area (Å²) in [6, 6.07) is 8.37. The van der Waals surface area contributed by atoms with Crippen LogP contribution in [0.15, 0.2) is 35.6 Å². The first-order valence-corrected chi connectivity index (χ1v) is 8.76. The van der Waals surface area contributed by atoms with E-state index >= 15 is 0 Å². The number of hydrogen-bond donors (Lipinski definition) is 0. The molecule has 23 heavy (non-hydrogen) atoms. The van der Waals surface area contributed by atoms with Crippen molar-refractivity contribution in [3.05, 3.63) is 52.8 Å². The Labute approximate surface area is 138 Å². The lowest BCUT2D eigenvalue weighted by Crippen LogP contribution is -2.21. The second kappa shape index (κ2) is 5.45. The molecule has 5 nitrogen and oxygen atoms in total. The van der Waals surface area contributed by atoms with Crippen molar-refractivity contribution in [2.24, 2.45) is 0 Å². The lowest BCUT2D eigenvalue weighted by atomic mass is 9.82. The molecule has 0 N–H and O–H groups in total. The monoisotopic (exact) mass is 324 g/mol. The molecule has 1 atom stereocenters. The third-order valence-electron chi connectivity index (χ3n) is 4.26. The first-order valence-electron chi connectivity index (χ1n) is 7.54. The van der Waals surface area contributed by atoms with Gasteiger partial charge in [-0.05, 0) is 31.1 Å². The Bertz CT molecular complexity index is 918. The van der Waals surface area contributed by atoms with Crippen molar-refractivity contribution < 1.29 is 4.79 Å². The van der Waals surface area contributed by atoms with Crippen LogP contribution in [0.5, 0.6) is 0 Å². The van der Waals surface area contributed by atoms with Crippen molar-refractivity contribution in [3.8, 4) is 0 Å². The van der Waals surface area contributed by atoms with Gasteiger partial charge in [-0.15, -0.1) is 5.10 Å². The van der Waals surface area contributed by atoms with Crippen LogP contribution in [0.2, 0.25) is 0 Å². The number of fused-ring (bicyclic) bond motifs is 2. The molecule has 0 spiro atoms. The van der Waals surface area contributed by atoms with Crippen LogP contribution in [0.1, 0.15) is 39.5 Å². The number of ketones is 1. The number of rotatable bonds is 2. The zero-order valence-electron chi connectivity index (χ0n) is 13.0. The van der Waals surface area contributed by atoms with Gasteiger partial charge in [0, 0.05) is 12.6 Å². The molecule has 0 aliphatic heterocycles. The van der Waals surface area contributed by atoms with E-state index in [1.54, 1.807) is 10.7 Å². The highest BCUT2D eigenvalue weighted by Crippen LogP contribution is 2.32. The second-order valence-electron chi connectivity index (χ2n) is 5.89. The van der Waals surface area contributed by atoms with Crippen LogP contribution in [0.25, 0.3) is 5.78 Å². The molecule has 0 saturated carbocycles. The van der Waals surface area contributed by atoms with Gasteiger partial charge in [0.2, 0.25) is 5.16 Å². The summed E-state index contributed by atoms with van der Waals surface area (Å²) in [7, 11) is 0. The predicted octanol–water partition coefficient (Wildman–Crippen LogP) is 3.07. The number of aromatic nitrogens is 4. The minimum atomic E-state index is 0.133. The fraction of sp³-hybridized carbons (Fsp3) is 0.294. The van der Waals surface area contributed by atoms with Crippen LogP contribution in [0, 0.1) is 6.92 Å². The molecule has 0 amide bonds. The summed E-state index contributed by atoms with van der Waals surface area (Å²) in [5.41, 5.74) is 3.93. The number of aryl methyl sites for hydroxylation is 1. The Hall–Kier alpha value is -2.21. The van der Waals surface area contributed by atoms with E-state index in [1.165, 1.54) is 22.9 Å². The summed E-state index contributed by atoms with van der Waals surface area (Å²) >= 11 is 1.47. The fourth-order valence-corrected chi connectivity index (χ4v) is 3.45. The van der Waals surface area contributed by atoms with Gasteiger partial charge in [0.05, 0.1) is 11.3 Å². The standard InChI is InChI=1S/C17H16N4OS/c1-10-4-3-5-11(6-10)12-7-14-13(15(22)8-12)9-21-16(18-14)19-17(20-21)23-2/h3-6,9,12H,7-8H2,1-2H3/t12-/m0/s1. The molecular weight excluding hydrogens is 308 g/mol. The highest BCUT2D eigenvalue weighted by Gasteiger charge is 2.28. The van der Waals surface area contributed by atoms with Crippen molar-refractivity contribution in [2.45, 2.75) is 30.8 Å². The number of hydrogen-bond acceptors (Lipinski definition) is 5. The molecule has 2 heterocycles. The Balaban J connectivity index is 1.77. The summed E-state index contributed by atoms with van der Waals surface area (Å²) in [6.07, 6.45) is 4.99. The maximum absolute atomic E-state index is 12.6. The van der Waals surface area contributed by atoms with Crippen LogP contribution in [0.3, 0.4) is 0 Å². The van der Waals surface area contributed by atoms with E-state index in [0.29, 0.717) is 22.9 Å². The topological polar surface area (TPSA) is 60.1 Å². The lowest BCUT2D eigenvalue weighted by Gasteiger charge is -2.23. The molecule has 1 aliphatic rings. The third kappa shape index (κ3) is 2.53. The molecule has 0 saturated heterocycles. The fourth-order valence-electron chi connectivity index (χ4n) is 3.11. The first kappa shape index (κ1) is 14.4. The predicted molar refractivity (Wildman–Crippen MR) is 89.1 cm³/mol. The summed E-state index contributed by atoms with van der Waals surface area (Å²) in [5, 5.41) is 4.99. The quantitative estimate of drug-likeness (QED) is 0.678. The molecule has 0 fully saturated rings. The summed E-state index contributed by atoms with van der Waals surface area (Å²) in [5.74, 6) is 0.881. The lowest BCUT2D eigenvalue weighted by molar-refractivity contribution is 0.0962. The first-order chi connectivity index (χ1) is 11.1. The van der Waals surface area contributed by atoms with E-state index in [9.17, 15) is 4.79 Å². The van der Waals surface area contributed by atoms with Crippen LogP contribution in [-0.2, 0) is 6.42 Å². The molecule has 0 radical (unpaired) electrons. The van der Waals surface area contributed by atoms with Crippen LogP contribution in [0.4, 0.5) is 0 Å². The normalized spacial score (nSPS) is 17.5. The van der Waals surface area contributed by atoms with Gasteiger partial charge in [-0.1, -0.05) is 41.6 Å². The molecule has 4 rings (SSSR count). The van der Waals surface area contributed by atoms with E-state index in [2.05, 4.69) is 40.2 Å². The molecule has 3 aromatic rings. The molecular formula is C17H16N4OS. The maximum atomic E-state index is 12.6. The number of Topliss-reactive ketones (excluding diaryl/α,β-unsaturated/α-hetero) is 1. The van der Waals surface area contributed by atoms with E-state index < -0.39 is 0 Å². The van der Waals surface area contributed by atoms with Gasteiger partial charge in [0.25, 0.3) is 5.78 Å². The summed E-state index contributed by atoms with van der Waals surface area (Å²) in [4.78, 5) is 21.5. The zero-order valence-corrected chi connectivity index (χ0v) is 13.8. The van der Waals surface area contributed by atoms with Crippen LogP contribution in [-0.4, -0.2) is 31.6 Å². The van der Waals surface area contributed by atoms with E-state index in [4.69, 9.17) is 0 Å². The molecule has 0 bridgehead atoms. The smallest absolute Gasteiger partial charge is 0.253 e. The van der Waals surface area contributed by atoms with Gasteiger partial charge < -0.3 is 0 Å². The Morgan fingerprint density at radius 2 is 2.13 bits per heavy atom. The van der Waals surface area contributed by atoms with Gasteiger partial charge in [0.15, 0.2) is 5.78 Å². The van der Waals surface area contributed by atoms with Crippen molar-refractivity contribution in [2.75, 3.05) is 6.26 Å². The number of thioether (sulfide) groups is 1. The van der Waals surface area contributed by atoms with E-state index in [1.807, 2.05) is 12.3 Å². The van der Waals surface area contributed by atoms with E-state index in [0.717, 1.165) is 12.1 Å². The molecule has 6 heteroatoms. The summed E-state index contributed by atoms with van der Waals surface area (Å²) in [6.45, 7) is 2.07. The Kier molecular flexibility index (Phi) is 3.41. The number of nitrogens with zero attached hydrogens (tertiary/aromatic N) is 4. The minimum Gasteiger partial charge on any atom is -0.294 e.